The van der Waals surface area contributed by atoms with Crippen LogP contribution in [0, 0.1) is 5.82 Å². The van der Waals surface area contributed by atoms with Crippen LogP contribution in [0.4, 0.5) is 27.4 Å². The Morgan fingerprint density at radius 1 is 1.14 bits per heavy atom. The molecule has 2 N–H and O–H groups in total. The number of fused-ring (bicyclic) bond motifs is 1. The van der Waals surface area contributed by atoms with Crippen molar-refractivity contribution in [3.05, 3.63) is 85.3 Å². The number of carbonyl (C=O) groups excluding carboxylic acids is 1. The van der Waals surface area contributed by atoms with Crippen LogP contribution in [-0.2, 0) is 4.79 Å². The maximum absolute atomic E-state index is 13.9. The van der Waals surface area contributed by atoms with Gasteiger partial charge in [0.15, 0.2) is 0 Å². The van der Waals surface area contributed by atoms with E-state index in [1.54, 1.807) is 12.3 Å². The lowest BCUT2D eigenvalue weighted by Gasteiger charge is -2.45. The normalized spacial score (nSPS) is 13.5. The molecule has 1 aliphatic heterocycles. The van der Waals surface area contributed by atoms with Crippen molar-refractivity contribution in [3.63, 3.8) is 0 Å². The second-order valence-corrected chi connectivity index (χ2v) is 9.02. The second-order valence-electron chi connectivity index (χ2n) is 9.02. The van der Waals surface area contributed by atoms with E-state index >= 15 is 0 Å². The van der Waals surface area contributed by atoms with Crippen molar-refractivity contribution in [2.45, 2.75) is 6.04 Å². The predicted molar refractivity (Wildman–Crippen MR) is 143 cm³/mol. The molecule has 0 spiro atoms. The number of amides is 1. The Kier molecular flexibility index (Phi) is 6.35. The fourth-order valence-electron chi connectivity index (χ4n) is 4.29. The summed E-state index contributed by atoms with van der Waals surface area (Å²) < 4.78 is 13.9. The number of para-hydroxylation sites is 1. The summed E-state index contributed by atoms with van der Waals surface area (Å²) in [7, 11) is 4.14. The van der Waals surface area contributed by atoms with Gasteiger partial charge in [0.25, 0.3) is 0 Å². The number of halogens is 1. The third kappa shape index (κ3) is 4.76. The zero-order chi connectivity index (χ0) is 25.2. The van der Waals surface area contributed by atoms with E-state index < -0.39 is 0 Å². The average molecular weight is 483 g/mol. The minimum absolute atomic E-state index is 0.278. The smallest absolute Gasteiger partial charge is 0.247 e. The first kappa shape index (κ1) is 23.4. The maximum atomic E-state index is 13.9. The molecule has 1 amide bonds. The van der Waals surface area contributed by atoms with Gasteiger partial charge >= 0.3 is 0 Å². The zero-order valence-electron chi connectivity index (χ0n) is 20.2. The Morgan fingerprint density at radius 3 is 2.69 bits per heavy atom. The van der Waals surface area contributed by atoms with E-state index in [1.165, 1.54) is 18.2 Å². The lowest BCUT2D eigenvalue weighted by atomic mass is 10.0. The van der Waals surface area contributed by atoms with E-state index in [1.807, 2.05) is 42.5 Å². The molecule has 0 bridgehead atoms. The van der Waals surface area contributed by atoms with Gasteiger partial charge in [-0.05, 0) is 56.1 Å². The number of likely N-dealkylation sites (N-methyl/N-ethyl adjacent to an activating group) is 1. The van der Waals surface area contributed by atoms with Gasteiger partial charge < -0.3 is 20.4 Å². The summed E-state index contributed by atoms with van der Waals surface area (Å²) in [5.41, 5.74) is 4.64. The van der Waals surface area contributed by atoms with Gasteiger partial charge in [-0.1, -0.05) is 36.9 Å². The fourth-order valence-corrected chi connectivity index (χ4v) is 4.29. The third-order valence-electron chi connectivity index (χ3n) is 6.38. The average Bonchev–Trinajstić information content (AvgIpc) is 2.83. The fraction of sp³-hybridized carbons (Fsp3) is 0.179. The van der Waals surface area contributed by atoms with E-state index in [4.69, 9.17) is 4.98 Å². The van der Waals surface area contributed by atoms with E-state index in [0.717, 1.165) is 41.0 Å². The van der Waals surface area contributed by atoms with Gasteiger partial charge in [-0.2, -0.15) is 0 Å². The van der Waals surface area contributed by atoms with E-state index in [0.29, 0.717) is 23.2 Å². The van der Waals surface area contributed by atoms with Gasteiger partial charge in [0.05, 0.1) is 16.9 Å². The van der Waals surface area contributed by atoms with Crippen molar-refractivity contribution in [1.82, 2.24) is 14.9 Å². The summed E-state index contributed by atoms with van der Waals surface area (Å²) in [6.45, 7) is 5.33. The molecule has 1 saturated heterocycles. The number of aromatic nitrogens is 2. The van der Waals surface area contributed by atoms with Gasteiger partial charge in [-0.15, -0.1) is 0 Å². The highest BCUT2D eigenvalue weighted by molar-refractivity contribution is 6.02. The number of benzene rings is 3. The highest BCUT2D eigenvalue weighted by Gasteiger charge is 2.30. The molecule has 1 aromatic heterocycles. The third-order valence-corrected chi connectivity index (χ3v) is 6.38. The molecule has 0 atom stereocenters. The van der Waals surface area contributed by atoms with Crippen molar-refractivity contribution in [2.75, 3.05) is 42.7 Å². The molecule has 0 saturated carbocycles. The second kappa shape index (κ2) is 9.75. The molecule has 0 unspecified atom stereocenters. The standard InChI is InChI=1S/C28H27FN6O/c1-4-26(36)32-24-14-21(11-12-25(24)35-16-22(17-35)34(2)3)31-28-30-15-19-8-6-10-23(27(19)33-28)18-7-5-9-20(29)13-18/h4-15,22H,1,16-17H2,2-3H3,(H,32,36)(H,30,31,33). The van der Waals surface area contributed by atoms with Crippen LogP contribution < -0.4 is 15.5 Å². The van der Waals surface area contributed by atoms with Crippen LogP contribution in [0.15, 0.2) is 79.5 Å². The monoisotopic (exact) mass is 482 g/mol. The van der Waals surface area contributed by atoms with E-state index in [9.17, 15) is 9.18 Å². The maximum Gasteiger partial charge on any atom is 0.247 e. The first-order valence-corrected chi connectivity index (χ1v) is 11.7. The molecule has 1 aliphatic rings. The Hall–Kier alpha value is -4.30. The molecule has 7 nitrogen and oxygen atoms in total. The topological polar surface area (TPSA) is 73.4 Å². The number of nitrogens with zero attached hydrogens (tertiary/aromatic N) is 4. The highest BCUT2D eigenvalue weighted by atomic mass is 19.1. The van der Waals surface area contributed by atoms with Crippen molar-refractivity contribution in [2.24, 2.45) is 0 Å². The van der Waals surface area contributed by atoms with Crippen LogP contribution in [0.5, 0.6) is 0 Å². The van der Waals surface area contributed by atoms with Crippen molar-refractivity contribution < 1.29 is 9.18 Å². The van der Waals surface area contributed by atoms with Crippen molar-refractivity contribution >= 4 is 39.8 Å². The van der Waals surface area contributed by atoms with Crippen LogP contribution in [0.3, 0.4) is 0 Å². The first-order chi connectivity index (χ1) is 17.4. The number of nitrogens with one attached hydrogen (secondary N) is 2. The molecule has 0 radical (unpaired) electrons. The summed E-state index contributed by atoms with van der Waals surface area (Å²) >= 11 is 0. The van der Waals surface area contributed by atoms with Gasteiger partial charge in [0.2, 0.25) is 11.9 Å². The molecular weight excluding hydrogens is 455 g/mol. The van der Waals surface area contributed by atoms with Gasteiger partial charge in [-0.25, -0.2) is 14.4 Å². The van der Waals surface area contributed by atoms with Crippen LogP contribution in [0.1, 0.15) is 0 Å². The summed E-state index contributed by atoms with van der Waals surface area (Å²) in [6, 6.07) is 18.5. The number of anilines is 4. The SMILES string of the molecule is C=CC(=O)Nc1cc(Nc2ncc3cccc(-c4cccc(F)c4)c3n2)ccc1N1CC(N(C)C)C1. The number of hydrogen-bond donors (Lipinski definition) is 2. The van der Waals surface area contributed by atoms with Crippen LogP contribution >= 0.6 is 0 Å². The summed E-state index contributed by atoms with van der Waals surface area (Å²) in [5, 5.41) is 7.01. The Bertz CT molecular complexity index is 1450. The summed E-state index contributed by atoms with van der Waals surface area (Å²) in [4.78, 5) is 25.7. The van der Waals surface area contributed by atoms with Gasteiger partial charge in [0.1, 0.15) is 5.82 Å². The molecule has 36 heavy (non-hydrogen) atoms. The number of rotatable bonds is 7. The van der Waals surface area contributed by atoms with Crippen molar-refractivity contribution in [3.8, 4) is 11.1 Å². The largest absolute Gasteiger partial charge is 0.367 e. The molecule has 0 aliphatic carbocycles. The zero-order valence-corrected chi connectivity index (χ0v) is 20.2. The molecule has 3 aromatic carbocycles. The first-order valence-electron chi connectivity index (χ1n) is 11.7. The molecule has 182 valence electrons. The minimum atomic E-state index is -0.301. The lowest BCUT2D eigenvalue weighted by molar-refractivity contribution is -0.111. The van der Waals surface area contributed by atoms with E-state index in [2.05, 4.69) is 46.1 Å². The molecule has 2 heterocycles. The van der Waals surface area contributed by atoms with Crippen LogP contribution in [-0.4, -0.2) is 54.0 Å². The van der Waals surface area contributed by atoms with Crippen LogP contribution in [0.25, 0.3) is 22.0 Å². The van der Waals surface area contributed by atoms with E-state index in [-0.39, 0.29) is 11.7 Å². The van der Waals surface area contributed by atoms with Crippen molar-refractivity contribution in [1.29, 1.82) is 0 Å². The highest BCUT2D eigenvalue weighted by Crippen LogP contribution is 2.34. The number of hydrogen-bond acceptors (Lipinski definition) is 6. The van der Waals surface area contributed by atoms with Crippen LogP contribution in [0.2, 0.25) is 0 Å². The quantitative estimate of drug-likeness (QED) is 0.359. The van der Waals surface area contributed by atoms with Gasteiger partial charge in [0, 0.05) is 42.0 Å². The Morgan fingerprint density at radius 2 is 1.94 bits per heavy atom. The van der Waals surface area contributed by atoms with Gasteiger partial charge in [-0.3, -0.25) is 4.79 Å². The molecule has 4 aromatic rings. The molecule has 5 rings (SSSR count). The number of carbonyl (C=O) groups is 1. The Labute approximate surface area is 209 Å². The molecule has 1 fully saturated rings. The predicted octanol–water partition coefficient (Wildman–Crippen LogP) is 5.05. The Balaban J connectivity index is 1.46. The molecular formula is C28H27FN6O. The lowest BCUT2D eigenvalue weighted by Crippen LogP contribution is -2.57. The minimum Gasteiger partial charge on any atom is -0.367 e. The summed E-state index contributed by atoms with van der Waals surface area (Å²) in [5.74, 6) is -0.179. The molecule has 8 heteroatoms. The summed E-state index contributed by atoms with van der Waals surface area (Å²) in [6.07, 6.45) is 2.99.